The van der Waals surface area contributed by atoms with Crippen molar-refractivity contribution in [1.29, 1.82) is 0 Å². The number of rotatable bonds is 2. The number of benzene rings is 2. The molecule has 0 aliphatic rings. The molecule has 0 aromatic heterocycles. The fraction of sp³-hybridized carbons (Fsp3) is 0.143. The van der Waals surface area contributed by atoms with Gasteiger partial charge in [-0.25, -0.2) is 4.39 Å². The summed E-state index contributed by atoms with van der Waals surface area (Å²) < 4.78 is 12.9. The van der Waals surface area contributed by atoms with Crippen LogP contribution < -0.4 is 0 Å². The Bertz CT molecular complexity index is 539. The zero-order chi connectivity index (χ0) is 12.4. The summed E-state index contributed by atoms with van der Waals surface area (Å²) in [7, 11) is 0. The van der Waals surface area contributed by atoms with Crippen LogP contribution in [0.4, 0.5) is 4.39 Å². The Morgan fingerprint density at radius 2 is 1.94 bits per heavy atom. The zero-order valence-electron chi connectivity index (χ0n) is 9.32. The lowest BCUT2D eigenvalue weighted by Crippen LogP contribution is -2.01. The molecule has 0 saturated heterocycles. The molecule has 17 heavy (non-hydrogen) atoms. The van der Waals surface area contributed by atoms with Gasteiger partial charge in [0.15, 0.2) is 0 Å². The van der Waals surface area contributed by atoms with E-state index >= 15 is 0 Å². The van der Waals surface area contributed by atoms with Gasteiger partial charge in [-0.05, 0) is 24.6 Å². The second kappa shape index (κ2) is 4.86. The first kappa shape index (κ1) is 12.1. The normalized spacial score (nSPS) is 12.5. The molecule has 0 aliphatic carbocycles. The molecular weight excluding hydrogens is 239 g/mol. The van der Waals surface area contributed by atoms with Crippen molar-refractivity contribution in [3.8, 4) is 0 Å². The molecule has 1 unspecified atom stereocenters. The van der Waals surface area contributed by atoms with Gasteiger partial charge in [0.2, 0.25) is 0 Å². The molecule has 0 aliphatic heterocycles. The van der Waals surface area contributed by atoms with Gasteiger partial charge in [-0.2, -0.15) is 0 Å². The van der Waals surface area contributed by atoms with E-state index in [0.29, 0.717) is 5.56 Å². The highest BCUT2D eigenvalue weighted by molar-refractivity contribution is 6.31. The van der Waals surface area contributed by atoms with Gasteiger partial charge < -0.3 is 5.11 Å². The molecule has 1 N–H and O–H groups in total. The molecule has 2 rings (SSSR count). The fourth-order valence-corrected chi connectivity index (χ4v) is 2.01. The van der Waals surface area contributed by atoms with E-state index in [1.807, 2.05) is 31.2 Å². The molecular formula is C14H12ClFO. The van der Waals surface area contributed by atoms with E-state index in [-0.39, 0.29) is 5.02 Å². The summed E-state index contributed by atoms with van der Waals surface area (Å²) in [5.74, 6) is -0.407. The SMILES string of the molecule is Cc1cccc(C(O)c2ccc(F)cc2Cl)c1. The summed E-state index contributed by atoms with van der Waals surface area (Å²) in [5.41, 5.74) is 2.32. The lowest BCUT2D eigenvalue weighted by atomic mass is 10.00. The average molecular weight is 251 g/mol. The van der Waals surface area contributed by atoms with Crippen molar-refractivity contribution in [2.24, 2.45) is 0 Å². The van der Waals surface area contributed by atoms with Crippen LogP contribution in [-0.2, 0) is 0 Å². The second-order valence-electron chi connectivity index (χ2n) is 3.98. The summed E-state index contributed by atoms with van der Waals surface area (Å²) >= 11 is 5.91. The summed E-state index contributed by atoms with van der Waals surface area (Å²) in [6.07, 6.45) is -0.831. The third-order valence-corrected chi connectivity index (χ3v) is 2.94. The fourth-order valence-electron chi connectivity index (χ4n) is 1.74. The van der Waals surface area contributed by atoms with E-state index in [1.54, 1.807) is 0 Å². The molecule has 0 fully saturated rings. The largest absolute Gasteiger partial charge is 0.384 e. The highest BCUT2D eigenvalue weighted by Gasteiger charge is 2.14. The van der Waals surface area contributed by atoms with Gasteiger partial charge in [-0.1, -0.05) is 47.5 Å². The Balaban J connectivity index is 2.40. The first-order valence-electron chi connectivity index (χ1n) is 5.27. The van der Waals surface area contributed by atoms with E-state index in [4.69, 9.17) is 11.6 Å². The lowest BCUT2D eigenvalue weighted by Gasteiger charge is -2.13. The first-order valence-corrected chi connectivity index (χ1v) is 5.65. The summed E-state index contributed by atoms with van der Waals surface area (Å²) in [6, 6.07) is 11.5. The zero-order valence-corrected chi connectivity index (χ0v) is 10.1. The van der Waals surface area contributed by atoms with Crippen LogP contribution in [-0.4, -0.2) is 5.11 Å². The maximum Gasteiger partial charge on any atom is 0.124 e. The summed E-state index contributed by atoms with van der Waals surface area (Å²) in [4.78, 5) is 0. The number of aryl methyl sites for hydroxylation is 1. The third-order valence-electron chi connectivity index (χ3n) is 2.61. The number of halogens is 2. The molecule has 2 aromatic rings. The number of hydrogen-bond acceptors (Lipinski definition) is 1. The summed E-state index contributed by atoms with van der Waals surface area (Å²) in [5, 5.41) is 10.4. The molecule has 0 radical (unpaired) electrons. The smallest absolute Gasteiger partial charge is 0.124 e. The van der Waals surface area contributed by atoms with Gasteiger partial charge in [0, 0.05) is 10.6 Å². The van der Waals surface area contributed by atoms with Crippen LogP contribution in [0.15, 0.2) is 42.5 Å². The van der Waals surface area contributed by atoms with Crippen LogP contribution in [0, 0.1) is 12.7 Å². The predicted molar refractivity (Wildman–Crippen MR) is 66.7 cm³/mol. The highest BCUT2D eigenvalue weighted by Crippen LogP contribution is 2.29. The van der Waals surface area contributed by atoms with E-state index in [2.05, 4.69) is 0 Å². The Morgan fingerprint density at radius 3 is 2.59 bits per heavy atom. The number of hydrogen-bond donors (Lipinski definition) is 1. The van der Waals surface area contributed by atoms with Crippen LogP contribution in [0.3, 0.4) is 0 Å². The topological polar surface area (TPSA) is 20.2 Å². The van der Waals surface area contributed by atoms with Crippen LogP contribution >= 0.6 is 11.6 Å². The minimum absolute atomic E-state index is 0.235. The third kappa shape index (κ3) is 2.65. The van der Waals surface area contributed by atoms with Gasteiger partial charge in [0.1, 0.15) is 11.9 Å². The molecule has 1 nitrogen and oxygen atoms in total. The van der Waals surface area contributed by atoms with Gasteiger partial charge in [0.05, 0.1) is 0 Å². The maximum absolute atomic E-state index is 12.9. The molecule has 0 bridgehead atoms. The van der Waals surface area contributed by atoms with E-state index in [1.165, 1.54) is 18.2 Å². The van der Waals surface area contributed by atoms with Gasteiger partial charge >= 0.3 is 0 Å². The Hall–Kier alpha value is -1.38. The van der Waals surface area contributed by atoms with Crippen molar-refractivity contribution >= 4 is 11.6 Å². The predicted octanol–water partition coefficient (Wildman–Crippen LogP) is 3.87. The molecule has 1 atom stereocenters. The molecule has 0 spiro atoms. The van der Waals surface area contributed by atoms with E-state index < -0.39 is 11.9 Å². The van der Waals surface area contributed by atoms with Crippen LogP contribution in [0.25, 0.3) is 0 Å². The molecule has 88 valence electrons. The Morgan fingerprint density at radius 1 is 1.18 bits per heavy atom. The van der Waals surface area contributed by atoms with Crippen molar-refractivity contribution in [1.82, 2.24) is 0 Å². The standard InChI is InChI=1S/C14H12ClFO/c1-9-3-2-4-10(7-9)14(17)12-6-5-11(16)8-13(12)15/h2-8,14,17H,1H3. The molecule has 3 heteroatoms. The van der Waals surface area contributed by atoms with Crippen molar-refractivity contribution in [3.05, 3.63) is 70.0 Å². The average Bonchev–Trinajstić information content (AvgIpc) is 2.28. The minimum Gasteiger partial charge on any atom is -0.384 e. The Labute approximate surface area is 104 Å². The summed E-state index contributed by atoms with van der Waals surface area (Å²) in [6.45, 7) is 1.95. The maximum atomic E-state index is 12.9. The van der Waals surface area contributed by atoms with Crippen molar-refractivity contribution in [2.45, 2.75) is 13.0 Å². The molecule has 2 aromatic carbocycles. The Kier molecular flexibility index (Phi) is 3.46. The number of aliphatic hydroxyl groups is 1. The number of aliphatic hydroxyl groups excluding tert-OH is 1. The van der Waals surface area contributed by atoms with Crippen LogP contribution in [0.2, 0.25) is 5.02 Å². The van der Waals surface area contributed by atoms with Gasteiger partial charge in [-0.15, -0.1) is 0 Å². The van der Waals surface area contributed by atoms with Crippen molar-refractivity contribution in [2.75, 3.05) is 0 Å². The monoisotopic (exact) mass is 250 g/mol. The highest BCUT2D eigenvalue weighted by atomic mass is 35.5. The minimum atomic E-state index is -0.831. The molecule has 0 amide bonds. The molecule has 0 saturated carbocycles. The van der Waals surface area contributed by atoms with Crippen molar-refractivity contribution < 1.29 is 9.50 Å². The quantitative estimate of drug-likeness (QED) is 0.858. The van der Waals surface area contributed by atoms with Crippen molar-refractivity contribution in [3.63, 3.8) is 0 Å². The van der Waals surface area contributed by atoms with Crippen LogP contribution in [0.1, 0.15) is 22.8 Å². The van der Waals surface area contributed by atoms with E-state index in [9.17, 15) is 9.50 Å². The van der Waals surface area contributed by atoms with Crippen LogP contribution in [0.5, 0.6) is 0 Å². The van der Waals surface area contributed by atoms with Gasteiger partial charge in [-0.3, -0.25) is 0 Å². The second-order valence-corrected chi connectivity index (χ2v) is 4.39. The first-order chi connectivity index (χ1) is 8.08. The lowest BCUT2D eigenvalue weighted by molar-refractivity contribution is 0.220. The van der Waals surface area contributed by atoms with Gasteiger partial charge in [0.25, 0.3) is 0 Å². The molecule has 0 heterocycles. The van der Waals surface area contributed by atoms with E-state index in [0.717, 1.165) is 11.1 Å².